The molecule has 0 saturated heterocycles. The van der Waals surface area contributed by atoms with Crippen molar-refractivity contribution in [2.45, 2.75) is 0 Å². The van der Waals surface area contributed by atoms with Gasteiger partial charge in [0.25, 0.3) is 0 Å². The number of pyridine rings is 1. The van der Waals surface area contributed by atoms with E-state index in [0.29, 0.717) is 0 Å². The molecule has 0 saturated carbocycles. The molecule has 0 unspecified atom stereocenters. The number of allylic oxidation sites excluding steroid dienone is 2. The van der Waals surface area contributed by atoms with Gasteiger partial charge in [-0.2, -0.15) is 0 Å². The standard InChI is InChI=1S/C13H10N2OS/c16-12(6-7-13-15-9-10-17-13)5-4-11-3-1-2-8-14-11/h1-10H/b5-4+,7-6+. The average Bonchev–Trinajstić information content (AvgIpc) is 2.88. The Bertz CT molecular complexity index is 530. The maximum atomic E-state index is 11.5. The van der Waals surface area contributed by atoms with Crippen molar-refractivity contribution in [3.05, 3.63) is 58.8 Å². The van der Waals surface area contributed by atoms with Crippen LogP contribution in [0.2, 0.25) is 0 Å². The third-order valence-corrected chi connectivity index (χ3v) is 2.69. The molecular weight excluding hydrogens is 232 g/mol. The molecule has 3 nitrogen and oxygen atoms in total. The molecule has 4 heteroatoms. The van der Waals surface area contributed by atoms with E-state index in [-0.39, 0.29) is 5.78 Å². The fourth-order valence-corrected chi connectivity index (χ4v) is 1.70. The monoisotopic (exact) mass is 242 g/mol. The minimum Gasteiger partial charge on any atom is -0.290 e. The number of hydrogen-bond acceptors (Lipinski definition) is 4. The highest BCUT2D eigenvalue weighted by Gasteiger charge is 1.92. The lowest BCUT2D eigenvalue weighted by molar-refractivity contribution is -0.110. The predicted octanol–water partition coefficient (Wildman–Crippen LogP) is 2.83. The van der Waals surface area contributed by atoms with Crippen LogP contribution in [-0.4, -0.2) is 15.8 Å². The van der Waals surface area contributed by atoms with Crippen molar-refractivity contribution >= 4 is 29.3 Å². The number of carbonyl (C=O) groups is 1. The van der Waals surface area contributed by atoms with Gasteiger partial charge in [0.05, 0.1) is 5.69 Å². The maximum Gasteiger partial charge on any atom is 0.178 e. The Morgan fingerprint density at radius 1 is 1.12 bits per heavy atom. The first-order valence-electron chi connectivity index (χ1n) is 5.05. The van der Waals surface area contributed by atoms with Crippen LogP contribution in [0.15, 0.2) is 48.1 Å². The maximum absolute atomic E-state index is 11.5. The van der Waals surface area contributed by atoms with Crippen molar-refractivity contribution in [2.24, 2.45) is 0 Å². The third-order valence-electron chi connectivity index (χ3n) is 1.95. The largest absolute Gasteiger partial charge is 0.290 e. The third kappa shape index (κ3) is 3.77. The first-order valence-corrected chi connectivity index (χ1v) is 5.93. The lowest BCUT2D eigenvalue weighted by Crippen LogP contribution is -1.85. The summed E-state index contributed by atoms with van der Waals surface area (Å²) in [7, 11) is 0. The van der Waals surface area contributed by atoms with Crippen LogP contribution in [0.4, 0.5) is 0 Å². The molecule has 2 aromatic heterocycles. The van der Waals surface area contributed by atoms with E-state index in [1.807, 2.05) is 23.6 Å². The molecular formula is C13H10N2OS. The van der Waals surface area contributed by atoms with E-state index in [0.717, 1.165) is 10.7 Å². The van der Waals surface area contributed by atoms with E-state index in [1.165, 1.54) is 23.5 Å². The van der Waals surface area contributed by atoms with E-state index in [4.69, 9.17) is 0 Å². The van der Waals surface area contributed by atoms with Gasteiger partial charge in [0.15, 0.2) is 5.78 Å². The lowest BCUT2D eigenvalue weighted by atomic mass is 10.2. The van der Waals surface area contributed by atoms with E-state index >= 15 is 0 Å². The molecule has 0 aliphatic rings. The Morgan fingerprint density at radius 3 is 2.71 bits per heavy atom. The Kier molecular flexibility index (Phi) is 3.94. The summed E-state index contributed by atoms with van der Waals surface area (Å²) >= 11 is 1.49. The van der Waals surface area contributed by atoms with Crippen LogP contribution in [0.3, 0.4) is 0 Å². The molecule has 2 aromatic rings. The van der Waals surface area contributed by atoms with Gasteiger partial charge in [0.2, 0.25) is 0 Å². The number of thiazole rings is 1. The van der Waals surface area contributed by atoms with Crippen LogP contribution in [0.25, 0.3) is 12.2 Å². The summed E-state index contributed by atoms with van der Waals surface area (Å²) in [6.07, 6.45) is 9.78. The number of carbonyl (C=O) groups excluding carboxylic acids is 1. The molecule has 0 amide bonds. The van der Waals surface area contributed by atoms with Crippen LogP contribution >= 0.6 is 11.3 Å². The molecule has 0 aliphatic heterocycles. The molecule has 84 valence electrons. The minimum atomic E-state index is -0.0779. The number of nitrogens with zero attached hydrogens (tertiary/aromatic N) is 2. The molecule has 0 spiro atoms. The molecule has 0 fully saturated rings. The van der Waals surface area contributed by atoms with Gasteiger partial charge in [-0.3, -0.25) is 9.78 Å². The normalized spacial score (nSPS) is 11.3. The highest BCUT2D eigenvalue weighted by atomic mass is 32.1. The van der Waals surface area contributed by atoms with Crippen LogP contribution in [0.1, 0.15) is 10.7 Å². The Morgan fingerprint density at radius 2 is 2.00 bits per heavy atom. The number of rotatable bonds is 4. The van der Waals surface area contributed by atoms with E-state index in [9.17, 15) is 4.79 Å². The van der Waals surface area contributed by atoms with Crippen LogP contribution < -0.4 is 0 Å². The van der Waals surface area contributed by atoms with Crippen molar-refractivity contribution in [1.82, 2.24) is 9.97 Å². The van der Waals surface area contributed by atoms with E-state index in [2.05, 4.69) is 9.97 Å². The first-order chi connectivity index (χ1) is 8.34. The summed E-state index contributed by atoms with van der Waals surface area (Å²) in [5, 5.41) is 2.69. The number of aromatic nitrogens is 2. The molecule has 2 rings (SSSR count). The van der Waals surface area contributed by atoms with Crippen molar-refractivity contribution in [2.75, 3.05) is 0 Å². The topological polar surface area (TPSA) is 42.9 Å². The summed E-state index contributed by atoms with van der Waals surface area (Å²) in [6, 6.07) is 5.55. The molecule has 0 radical (unpaired) electrons. The fraction of sp³-hybridized carbons (Fsp3) is 0. The number of hydrogen-bond donors (Lipinski definition) is 0. The predicted molar refractivity (Wildman–Crippen MR) is 69.4 cm³/mol. The molecule has 0 bridgehead atoms. The summed E-state index contributed by atoms with van der Waals surface area (Å²) < 4.78 is 0. The SMILES string of the molecule is O=C(/C=C/c1ccccn1)/C=C/c1nccs1. The summed E-state index contributed by atoms with van der Waals surface area (Å²) in [6.45, 7) is 0. The summed E-state index contributed by atoms with van der Waals surface area (Å²) in [4.78, 5) is 19.6. The second-order valence-electron chi connectivity index (χ2n) is 3.19. The van der Waals surface area contributed by atoms with Gasteiger partial charge < -0.3 is 0 Å². The second kappa shape index (κ2) is 5.86. The Balaban J connectivity index is 1.96. The van der Waals surface area contributed by atoms with Gasteiger partial charge in [0.1, 0.15) is 5.01 Å². The van der Waals surface area contributed by atoms with Crippen molar-refractivity contribution in [3.63, 3.8) is 0 Å². The Hall–Kier alpha value is -2.07. The fourth-order valence-electron chi connectivity index (χ4n) is 1.17. The van der Waals surface area contributed by atoms with Crippen LogP contribution in [0, 0.1) is 0 Å². The quantitative estimate of drug-likeness (QED) is 0.774. The second-order valence-corrected chi connectivity index (χ2v) is 4.12. The van der Waals surface area contributed by atoms with E-state index < -0.39 is 0 Å². The molecule has 0 aromatic carbocycles. The summed E-state index contributed by atoms with van der Waals surface area (Å²) in [5.74, 6) is -0.0779. The van der Waals surface area contributed by atoms with E-state index in [1.54, 1.807) is 24.5 Å². The van der Waals surface area contributed by atoms with Gasteiger partial charge in [-0.1, -0.05) is 6.07 Å². The van der Waals surface area contributed by atoms with Gasteiger partial charge in [-0.25, -0.2) is 4.98 Å². The zero-order valence-electron chi connectivity index (χ0n) is 8.98. The average molecular weight is 242 g/mol. The lowest BCUT2D eigenvalue weighted by Gasteiger charge is -1.88. The van der Waals surface area contributed by atoms with Gasteiger partial charge >= 0.3 is 0 Å². The molecule has 0 atom stereocenters. The van der Waals surface area contributed by atoms with Crippen molar-refractivity contribution in [3.8, 4) is 0 Å². The first kappa shape index (κ1) is 11.4. The molecule has 0 aliphatic carbocycles. The summed E-state index contributed by atoms with van der Waals surface area (Å²) in [5.41, 5.74) is 0.767. The van der Waals surface area contributed by atoms with Crippen LogP contribution in [0.5, 0.6) is 0 Å². The van der Waals surface area contributed by atoms with Gasteiger partial charge in [0, 0.05) is 17.8 Å². The zero-order chi connectivity index (χ0) is 11.9. The van der Waals surface area contributed by atoms with Gasteiger partial charge in [-0.15, -0.1) is 11.3 Å². The smallest absolute Gasteiger partial charge is 0.178 e. The van der Waals surface area contributed by atoms with Crippen molar-refractivity contribution < 1.29 is 4.79 Å². The Labute approximate surface area is 103 Å². The van der Waals surface area contributed by atoms with Crippen LogP contribution in [-0.2, 0) is 4.79 Å². The molecule has 17 heavy (non-hydrogen) atoms. The highest BCUT2D eigenvalue weighted by molar-refractivity contribution is 7.10. The number of ketones is 1. The van der Waals surface area contributed by atoms with Gasteiger partial charge in [-0.05, 0) is 36.4 Å². The molecule has 2 heterocycles. The molecule has 0 N–H and O–H groups in total. The van der Waals surface area contributed by atoms with Crippen molar-refractivity contribution in [1.29, 1.82) is 0 Å². The zero-order valence-corrected chi connectivity index (χ0v) is 9.80. The highest BCUT2D eigenvalue weighted by Crippen LogP contribution is 2.06. The minimum absolute atomic E-state index is 0.0779.